The summed E-state index contributed by atoms with van der Waals surface area (Å²) in [6.07, 6.45) is 2.55. The van der Waals surface area contributed by atoms with Gasteiger partial charge in [0.1, 0.15) is 5.75 Å². The zero-order valence-electron chi connectivity index (χ0n) is 10.6. The van der Waals surface area contributed by atoms with Gasteiger partial charge in [-0.15, -0.1) is 0 Å². The number of ether oxygens (including phenoxy) is 1. The molecule has 94 valence electrons. The third-order valence-electron chi connectivity index (χ3n) is 3.31. The van der Waals surface area contributed by atoms with Crippen molar-refractivity contribution in [2.75, 3.05) is 7.11 Å². The van der Waals surface area contributed by atoms with Crippen LogP contribution >= 0.6 is 15.9 Å². The van der Waals surface area contributed by atoms with Gasteiger partial charge in [-0.2, -0.15) is 0 Å². The average molecular weight is 299 g/mol. The summed E-state index contributed by atoms with van der Waals surface area (Å²) in [6.45, 7) is 4.30. The fourth-order valence-electron chi connectivity index (χ4n) is 2.18. The van der Waals surface area contributed by atoms with Crippen LogP contribution in [0.1, 0.15) is 43.7 Å². The second-order valence-electron chi connectivity index (χ2n) is 5.25. The molecule has 1 fully saturated rings. The maximum atomic E-state index is 9.96. The first-order chi connectivity index (χ1) is 7.95. The molecular weight excluding hydrogens is 280 g/mol. The van der Waals surface area contributed by atoms with Crippen molar-refractivity contribution in [3.8, 4) is 5.75 Å². The molecule has 0 spiro atoms. The largest absolute Gasteiger partial charge is 0.496 e. The van der Waals surface area contributed by atoms with Crippen LogP contribution in [-0.4, -0.2) is 17.8 Å². The number of aliphatic hydroxyl groups is 1. The first-order valence-corrected chi connectivity index (χ1v) is 6.83. The first-order valence-electron chi connectivity index (χ1n) is 6.04. The Morgan fingerprint density at radius 1 is 1.41 bits per heavy atom. The number of rotatable bonds is 4. The minimum absolute atomic E-state index is 0.414. The van der Waals surface area contributed by atoms with E-state index in [0.29, 0.717) is 5.92 Å². The summed E-state index contributed by atoms with van der Waals surface area (Å²) in [5.41, 5.74) is 1.88. The Morgan fingerprint density at radius 3 is 2.53 bits per heavy atom. The number of methoxy groups -OCH3 is 1. The average Bonchev–Trinajstić information content (AvgIpc) is 2.94. The topological polar surface area (TPSA) is 29.5 Å². The van der Waals surface area contributed by atoms with Crippen molar-refractivity contribution in [3.05, 3.63) is 27.7 Å². The Labute approximate surface area is 111 Å². The molecule has 1 aromatic carbocycles. The van der Waals surface area contributed by atoms with Crippen LogP contribution in [0.2, 0.25) is 0 Å². The molecule has 1 aliphatic carbocycles. The minimum atomic E-state index is -0.455. The molecule has 17 heavy (non-hydrogen) atoms. The van der Waals surface area contributed by atoms with Crippen molar-refractivity contribution >= 4 is 15.9 Å². The molecule has 0 bridgehead atoms. The Balaban J connectivity index is 2.34. The fourth-order valence-corrected chi connectivity index (χ4v) is 3.13. The summed E-state index contributed by atoms with van der Waals surface area (Å²) in [5.74, 6) is 1.33. The minimum Gasteiger partial charge on any atom is -0.496 e. The molecule has 0 amide bonds. The lowest BCUT2D eigenvalue weighted by Gasteiger charge is -2.17. The van der Waals surface area contributed by atoms with Gasteiger partial charge in [0.05, 0.1) is 12.7 Å². The summed E-state index contributed by atoms with van der Waals surface area (Å²) in [7, 11) is 1.70. The van der Waals surface area contributed by atoms with Crippen LogP contribution < -0.4 is 4.74 Å². The van der Waals surface area contributed by atoms with Crippen LogP contribution in [0, 0.1) is 0 Å². The number of hydrogen-bond donors (Lipinski definition) is 1. The third kappa shape index (κ3) is 2.83. The highest BCUT2D eigenvalue weighted by Crippen LogP contribution is 2.41. The Hall–Kier alpha value is -0.540. The van der Waals surface area contributed by atoms with E-state index in [-0.39, 0.29) is 0 Å². The molecule has 0 radical (unpaired) electrons. The zero-order chi connectivity index (χ0) is 12.6. The van der Waals surface area contributed by atoms with Gasteiger partial charge in [-0.05, 0) is 36.5 Å². The SMILES string of the molecule is COc1cc(CC2(O)CC2)cc(Br)c1C(C)C. The summed E-state index contributed by atoms with van der Waals surface area (Å²) in [4.78, 5) is 0. The molecule has 1 aliphatic rings. The standard InChI is InChI=1S/C14H19BrO2/c1-9(2)13-11(15)6-10(7-12(13)17-3)8-14(16)4-5-14/h6-7,9,16H,4-5,8H2,1-3H3. The maximum absolute atomic E-state index is 9.96. The molecule has 2 nitrogen and oxygen atoms in total. The molecule has 0 unspecified atom stereocenters. The Morgan fingerprint density at radius 2 is 2.06 bits per heavy atom. The van der Waals surface area contributed by atoms with Crippen molar-refractivity contribution in [3.63, 3.8) is 0 Å². The predicted molar refractivity (Wildman–Crippen MR) is 72.7 cm³/mol. The number of hydrogen-bond acceptors (Lipinski definition) is 2. The van der Waals surface area contributed by atoms with Crippen LogP contribution in [-0.2, 0) is 6.42 Å². The summed E-state index contributed by atoms with van der Waals surface area (Å²) in [5, 5.41) is 9.96. The lowest BCUT2D eigenvalue weighted by Crippen LogP contribution is -2.11. The van der Waals surface area contributed by atoms with Gasteiger partial charge >= 0.3 is 0 Å². The van der Waals surface area contributed by atoms with Crippen molar-refractivity contribution < 1.29 is 9.84 Å². The second-order valence-corrected chi connectivity index (χ2v) is 6.10. The van der Waals surface area contributed by atoms with Crippen LogP contribution in [0.5, 0.6) is 5.75 Å². The highest BCUT2D eigenvalue weighted by atomic mass is 79.9. The van der Waals surface area contributed by atoms with Gasteiger partial charge in [-0.25, -0.2) is 0 Å². The van der Waals surface area contributed by atoms with E-state index in [9.17, 15) is 5.11 Å². The van der Waals surface area contributed by atoms with E-state index in [1.807, 2.05) is 0 Å². The highest BCUT2D eigenvalue weighted by Gasteiger charge is 2.40. The van der Waals surface area contributed by atoms with E-state index < -0.39 is 5.60 Å². The molecule has 0 aromatic heterocycles. The summed E-state index contributed by atoms with van der Waals surface area (Å²) < 4.78 is 6.53. The van der Waals surface area contributed by atoms with Crippen molar-refractivity contribution in [2.45, 2.75) is 44.6 Å². The van der Waals surface area contributed by atoms with E-state index in [0.717, 1.165) is 35.0 Å². The smallest absolute Gasteiger partial charge is 0.123 e. The molecule has 0 saturated heterocycles. The molecule has 0 aliphatic heterocycles. The zero-order valence-corrected chi connectivity index (χ0v) is 12.2. The van der Waals surface area contributed by atoms with E-state index in [1.165, 1.54) is 5.56 Å². The van der Waals surface area contributed by atoms with Gasteiger partial charge in [0.2, 0.25) is 0 Å². The summed E-state index contributed by atoms with van der Waals surface area (Å²) >= 11 is 3.61. The lowest BCUT2D eigenvalue weighted by atomic mass is 9.98. The third-order valence-corrected chi connectivity index (χ3v) is 3.97. The van der Waals surface area contributed by atoms with Gasteiger partial charge in [0.25, 0.3) is 0 Å². The van der Waals surface area contributed by atoms with E-state index in [4.69, 9.17) is 4.74 Å². The number of benzene rings is 1. The van der Waals surface area contributed by atoms with Crippen molar-refractivity contribution in [1.82, 2.24) is 0 Å². The Bertz CT molecular complexity index is 422. The van der Waals surface area contributed by atoms with Crippen LogP contribution in [0.3, 0.4) is 0 Å². The van der Waals surface area contributed by atoms with E-state index in [2.05, 4.69) is 41.9 Å². The van der Waals surface area contributed by atoms with Crippen LogP contribution in [0.15, 0.2) is 16.6 Å². The fraction of sp³-hybridized carbons (Fsp3) is 0.571. The van der Waals surface area contributed by atoms with E-state index >= 15 is 0 Å². The lowest BCUT2D eigenvalue weighted by molar-refractivity contribution is 0.151. The molecule has 2 rings (SSSR count). The van der Waals surface area contributed by atoms with Gasteiger partial charge in [0, 0.05) is 16.5 Å². The summed E-state index contributed by atoms with van der Waals surface area (Å²) in [6, 6.07) is 4.16. The molecule has 0 atom stereocenters. The van der Waals surface area contributed by atoms with Crippen LogP contribution in [0.25, 0.3) is 0 Å². The molecule has 3 heteroatoms. The van der Waals surface area contributed by atoms with Gasteiger partial charge in [0.15, 0.2) is 0 Å². The predicted octanol–water partition coefficient (Wildman–Crippen LogP) is 3.65. The monoisotopic (exact) mass is 298 g/mol. The highest BCUT2D eigenvalue weighted by molar-refractivity contribution is 9.10. The molecular formula is C14H19BrO2. The van der Waals surface area contributed by atoms with Crippen LogP contribution in [0.4, 0.5) is 0 Å². The van der Waals surface area contributed by atoms with Gasteiger partial charge in [-0.3, -0.25) is 0 Å². The normalized spacial score (nSPS) is 17.3. The molecule has 1 N–H and O–H groups in total. The quantitative estimate of drug-likeness (QED) is 0.919. The first kappa shape index (κ1) is 12.9. The Kier molecular flexibility index (Phi) is 3.50. The second kappa shape index (κ2) is 4.62. The molecule has 1 saturated carbocycles. The molecule has 0 heterocycles. The van der Waals surface area contributed by atoms with E-state index in [1.54, 1.807) is 7.11 Å². The number of halogens is 1. The van der Waals surface area contributed by atoms with Crippen molar-refractivity contribution in [1.29, 1.82) is 0 Å². The van der Waals surface area contributed by atoms with Gasteiger partial charge in [-0.1, -0.05) is 29.8 Å². The van der Waals surface area contributed by atoms with Crippen molar-refractivity contribution in [2.24, 2.45) is 0 Å². The molecule has 1 aromatic rings. The maximum Gasteiger partial charge on any atom is 0.123 e. The van der Waals surface area contributed by atoms with Gasteiger partial charge < -0.3 is 9.84 Å².